The highest BCUT2D eigenvalue weighted by Crippen LogP contribution is 2.66. The van der Waals surface area contributed by atoms with Crippen molar-refractivity contribution in [2.24, 2.45) is 5.92 Å². The standard InChI is InChI=1S/C35H35NO4/c37-28-12-11-24-18-30-35(38)14-13-29(33-34(35,31(24)32(28)40-33)15-16-36(30)19-21-9-10-21)39-20-27-25-7-3-1-5-22(25)17-23-6-2-4-8-26(23)27/h1-8,11-12,17,21,29-30,33,37-38H,9-10,13-16,18-20H2. The summed E-state index contributed by atoms with van der Waals surface area (Å²) in [5.41, 5.74) is 2.05. The van der Waals surface area contributed by atoms with Crippen molar-refractivity contribution in [2.75, 3.05) is 13.1 Å². The summed E-state index contributed by atoms with van der Waals surface area (Å²) in [5, 5.41) is 28.5. The van der Waals surface area contributed by atoms with Gasteiger partial charge in [-0.25, -0.2) is 0 Å². The highest BCUT2D eigenvalue weighted by Gasteiger charge is 2.73. The molecule has 5 aliphatic rings. The SMILES string of the molecule is Oc1ccc2c3c1OC1C(OCc4c5ccccc5cc5ccccc45)CCC4(O)C(C2)N(CC2CC2)CCC314. The van der Waals surface area contributed by atoms with Gasteiger partial charge >= 0.3 is 0 Å². The van der Waals surface area contributed by atoms with E-state index >= 15 is 0 Å². The first-order chi connectivity index (χ1) is 19.6. The maximum atomic E-state index is 12.7. The minimum Gasteiger partial charge on any atom is -0.504 e. The van der Waals surface area contributed by atoms with Crippen molar-refractivity contribution < 1.29 is 19.7 Å². The van der Waals surface area contributed by atoms with E-state index in [9.17, 15) is 10.2 Å². The van der Waals surface area contributed by atoms with E-state index < -0.39 is 11.0 Å². The zero-order chi connectivity index (χ0) is 26.6. The van der Waals surface area contributed by atoms with Crippen molar-refractivity contribution in [3.8, 4) is 11.5 Å². The Morgan fingerprint density at radius 2 is 1.68 bits per heavy atom. The fourth-order valence-corrected chi connectivity index (χ4v) is 9.06. The van der Waals surface area contributed by atoms with Crippen LogP contribution in [0.2, 0.25) is 0 Å². The van der Waals surface area contributed by atoms with Crippen molar-refractivity contribution in [1.29, 1.82) is 0 Å². The van der Waals surface area contributed by atoms with E-state index in [1.54, 1.807) is 6.07 Å². The van der Waals surface area contributed by atoms with Gasteiger partial charge in [0.25, 0.3) is 0 Å². The molecule has 204 valence electrons. The number of phenols is 1. The highest BCUT2D eigenvalue weighted by molar-refractivity contribution is 6.02. The van der Waals surface area contributed by atoms with Gasteiger partial charge in [-0.15, -0.1) is 0 Å². The van der Waals surface area contributed by atoms with Gasteiger partial charge in [-0.05, 0) is 95.8 Å². The molecular formula is C35H35NO4. The van der Waals surface area contributed by atoms with Gasteiger partial charge < -0.3 is 19.7 Å². The molecule has 3 fully saturated rings. The molecule has 5 unspecified atom stereocenters. The Balaban J connectivity index is 1.12. The predicted octanol–water partition coefficient (Wildman–Crippen LogP) is 5.85. The number of piperidine rings is 1. The van der Waals surface area contributed by atoms with Gasteiger partial charge in [-0.2, -0.15) is 0 Å². The molecule has 3 aliphatic carbocycles. The summed E-state index contributed by atoms with van der Waals surface area (Å²) in [6.07, 6.45) is 5.21. The third kappa shape index (κ3) is 3.03. The second kappa shape index (κ2) is 8.22. The molecule has 0 amide bonds. The predicted molar refractivity (Wildman–Crippen MR) is 155 cm³/mol. The van der Waals surface area contributed by atoms with Crippen LogP contribution in [0, 0.1) is 5.92 Å². The van der Waals surface area contributed by atoms with Gasteiger partial charge in [-0.1, -0.05) is 54.6 Å². The number of phenolic OH excluding ortho intramolecular Hbond substituents is 1. The van der Waals surface area contributed by atoms with Gasteiger partial charge in [0.05, 0.1) is 23.7 Å². The van der Waals surface area contributed by atoms with Crippen molar-refractivity contribution in [1.82, 2.24) is 4.90 Å². The Labute approximate surface area is 234 Å². The number of ether oxygens (including phenoxy) is 2. The number of nitrogens with zero attached hydrogens (tertiary/aromatic N) is 1. The minimum atomic E-state index is -0.886. The molecule has 5 heteroatoms. The van der Waals surface area contributed by atoms with E-state index in [-0.39, 0.29) is 24.0 Å². The van der Waals surface area contributed by atoms with Crippen molar-refractivity contribution >= 4 is 21.5 Å². The number of fused-ring (bicyclic) bond motifs is 2. The van der Waals surface area contributed by atoms with Gasteiger partial charge in [0.2, 0.25) is 0 Å². The molecule has 5 atom stereocenters. The summed E-state index contributed by atoms with van der Waals surface area (Å²) in [6.45, 7) is 2.52. The average molecular weight is 534 g/mol. The number of benzene rings is 4. The van der Waals surface area contributed by atoms with Gasteiger partial charge in [-0.3, -0.25) is 4.90 Å². The smallest absolute Gasteiger partial charge is 0.165 e. The molecule has 2 heterocycles. The second-order valence-corrected chi connectivity index (χ2v) is 13.0. The molecule has 2 aliphatic heterocycles. The van der Waals surface area contributed by atoms with Crippen LogP contribution < -0.4 is 4.74 Å². The van der Waals surface area contributed by atoms with E-state index in [0.717, 1.165) is 43.8 Å². The van der Waals surface area contributed by atoms with Gasteiger partial charge in [0.1, 0.15) is 6.10 Å². The lowest BCUT2D eigenvalue weighted by molar-refractivity contribution is -0.216. The van der Waals surface area contributed by atoms with E-state index in [0.29, 0.717) is 18.8 Å². The number of likely N-dealkylation sites (tertiary alicyclic amines) is 1. The van der Waals surface area contributed by atoms with E-state index in [4.69, 9.17) is 9.47 Å². The summed E-state index contributed by atoms with van der Waals surface area (Å²) in [6, 6.07) is 23.3. The van der Waals surface area contributed by atoms with E-state index in [1.165, 1.54) is 45.5 Å². The first kappa shape index (κ1) is 23.6. The molecule has 40 heavy (non-hydrogen) atoms. The van der Waals surface area contributed by atoms with Crippen LogP contribution in [0.4, 0.5) is 0 Å². The Bertz CT molecular complexity index is 1630. The maximum absolute atomic E-state index is 12.7. The van der Waals surface area contributed by atoms with Gasteiger partial charge in [0, 0.05) is 18.2 Å². The number of aromatic hydroxyl groups is 1. The van der Waals surface area contributed by atoms with E-state index in [2.05, 4.69) is 65.6 Å². The van der Waals surface area contributed by atoms with Gasteiger partial charge in [0.15, 0.2) is 11.5 Å². The first-order valence-corrected chi connectivity index (χ1v) is 15.1. The normalized spacial score (nSPS) is 32.3. The molecule has 4 aromatic carbocycles. The van der Waals surface area contributed by atoms with Crippen LogP contribution in [0.15, 0.2) is 66.7 Å². The molecule has 5 nitrogen and oxygen atoms in total. The molecule has 0 aromatic heterocycles. The first-order valence-electron chi connectivity index (χ1n) is 15.1. The Kier molecular flexibility index (Phi) is 4.84. The molecule has 9 rings (SSSR count). The number of rotatable bonds is 5. The van der Waals surface area contributed by atoms with Crippen molar-refractivity contribution in [3.05, 3.63) is 83.4 Å². The number of hydrogen-bond acceptors (Lipinski definition) is 5. The highest BCUT2D eigenvalue weighted by atomic mass is 16.6. The fraction of sp³-hybridized carbons (Fsp3) is 0.429. The van der Waals surface area contributed by atoms with Crippen LogP contribution in [0.25, 0.3) is 21.5 Å². The molecular weight excluding hydrogens is 498 g/mol. The summed E-state index contributed by atoms with van der Waals surface area (Å²) >= 11 is 0. The number of hydrogen-bond donors (Lipinski definition) is 2. The van der Waals surface area contributed by atoms with Crippen LogP contribution in [0.1, 0.15) is 48.8 Å². The second-order valence-electron chi connectivity index (χ2n) is 13.0. The summed E-state index contributed by atoms with van der Waals surface area (Å²) < 4.78 is 13.6. The maximum Gasteiger partial charge on any atom is 0.165 e. The lowest BCUT2D eigenvalue weighted by Gasteiger charge is -2.64. The fourth-order valence-electron chi connectivity index (χ4n) is 9.06. The average Bonchev–Trinajstić information content (AvgIpc) is 3.71. The summed E-state index contributed by atoms with van der Waals surface area (Å²) in [5.74, 6) is 1.55. The monoisotopic (exact) mass is 533 g/mol. The third-order valence-electron chi connectivity index (χ3n) is 11.0. The Morgan fingerprint density at radius 3 is 2.42 bits per heavy atom. The molecule has 4 aromatic rings. The molecule has 2 bridgehead atoms. The molecule has 1 spiro atoms. The molecule has 2 N–H and O–H groups in total. The molecule has 2 saturated carbocycles. The largest absolute Gasteiger partial charge is 0.504 e. The van der Waals surface area contributed by atoms with E-state index in [1.807, 2.05) is 0 Å². The van der Waals surface area contributed by atoms with Crippen molar-refractivity contribution in [2.45, 2.75) is 74.4 Å². The Hall–Kier alpha value is -3.12. The molecule has 0 radical (unpaired) electrons. The lowest BCUT2D eigenvalue weighted by atomic mass is 9.48. The quantitative estimate of drug-likeness (QED) is 0.315. The molecule has 1 saturated heterocycles. The topological polar surface area (TPSA) is 62.2 Å². The third-order valence-corrected chi connectivity index (χ3v) is 11.0. The summed E-state index contributed by atoms with van der Waals surface area (Å²) in [4.78, 5) is 2.58. The number of aliphatic hydroxyl groups is 1. The van der Waals surface area contributed by atoms with Crippen LogP contribution in [0.5, 0.6) is 11.5 Å². The zero-order valence-corrected chi connectivity index (χ0v) is 22.7. The lowest BCUT2D eigenvalue weighted by Crippen LogP contribution is -2.77. The zero-order valence-electron chi connectivity index (χ0n) is 22.7. The van der Waals surface area contributed by atoms with Crippen LogP contribution in [-0.4, -0.2) is 52.1 Å². The van der Waals surface area contributed by atoms with Crippen LogP contribution >= 0.6 is 0 Å². The minimum absolute atomic E-state index is 0.0823. The van der Waals surface area contributed by atoms with Crippen LogP contribution in [0.3, 0.4) is 0 Å². The summed E-state index contributed by atoms with van der Waals surface area (Å²) in [7, 11) is 0. The van der Waals surface area contributed by atoms with Crippen molar-refractivity contribution in [3.63, 3.8) is 0 Å². The Morgan fingerprint density at radius 1 is 0.925 bits per heavy atom. The van der Waals surface area contributed by atoms with Crippen LogP contribution in [-0.2, 0) is 23.2 Å².